The van der Waals surface area contributed by atoms with E-state index in [1.807, 2.05) is 38.4 Å². The molecule has 9 heteroatoms. The maximum atomic E-state index is 12.2. The van der Waals surface area contributed by atoms with E-state index in [2.05, 4.69) is 37.8 Å². The summed E-state index contributed by atoms with van der Waals surface area (Å²) in [7, 11) is 3.38. The van der Waals surface area contributed by atoms with Gasteiger partial charge in [-0.3, -0.25) is 9.89 Å². The Balaban J connectivity index is 1.66. The van der Waals surface area contributed by atoms with E-state index in [1.165, 1.54) is 0 Å². The lowest BCUT2D eigenvalue weighted by atomic mass is 10.1. The van der Waals surface area contributed by atoms with Gasteiger partial charge in [0.1, 0.15) is 5.75 Å². The van der Waals surface area contributed by atoms with E-state index in [-0.39, 0.29) is 5.91 Å². The minimum atomic E-state index is -0.177. The summed E-state index contributed by atoms with van der Waals surface area (Å²) in [6.07, 6.45) is 2.69. The third kappa shape index (κ3) is 3.81. The minimum absolute atomic E-state index is 0.177. The van der Waals surface area contributed by atoms with Gasteiger partial charge in [-0.2, -0.15) is 10.1 Å². The largest absolute Gasteiger partial charge is 0.496 e. The first-order valence-corrected chi connectivity index (χ1v) is 10.1. The molecule has 2 aromatic carbocycles. The summed E-state index contributed by atoms with van der Waals surface area (Å²) in [6.45, 7) is 4.53. The van der Waals surface area contributed by atoms with E-state index in [0.717, 1.165) is 34.1 Å². The van der Waals surface area contributed by atoms with Crippen LogP contribution in [0.15, 0.2) is 36.5 Å². The molecule has 0 aliphatic carbocycles. The third-order valence-corrected chi connectivity index (χ3v) is 5.14. The van der Waals surface area contributed by atoms with Crippen LogP contribution in [-0.4, -0.2) is 44.5 Å². The zero-order valence-corrected chi connectivity index (χ0v) is 18.0. The zero-order chi connectivity index (χ0) is 22.0. The number of carbonyl (C=O) groups excluding carboxylic acids is 1. The molecule has 0 saturated heterocycles. The number of nitrogens with zero attached hydrogens (tertiary/aromatic N) is 4. The zero-order valence-electron chi connectivity index (χ0n) is 18.0. The molecular formula is C22H25N7O2. The number of benzene rings is 2. The predicted molar refractivity (Wildman–Crippen MR) is 120 cm³/mol. The highest BCUT2D eigenvalue weighted by atomic mass is 16.5. The summed E-state index contributed by atoms with van der Waals surface area (Å²) in [4.78, 5) is 16.9. The fourth-order valence-electron chi connectivity index (χ4n) is 3.58. The minimum Gasteiger partial charge on any atom is -0.496 e. The number of rotatable bonds is 7. The molecule has 0 unspecified atom stereocenters. The SMILES string of the molecule is CCNC(=O)c1ccc(-c2nc(Nc3ccc4[nH]ncc4c3CC)n(C)n2)cc1OC. The summed E-state index contributed by atoms with van der Waals surface area (Å²) in [5.74, 6) is 1.44. The molecule has 0 saturated carbocycles. The molecule has 9 nitrogen and oxygen atoms in total. The Labute approximate surface area is 179 Å². The van der Waals surface area contributed by atoms with Crippen LogP contribution in [0.3, 0.4) is 0 Å². The second-order valence-corrected chi connectivity index (χ2v) is 7.06. The number of aromatic nitrogens is 5. The molecule has 2 heterocycles. The van der Waals surface area contributed by atoms with Crippen LogP contribution in [0.4, 0.5) is 11.6 Å². The smallest absolute Gasteiger partial charge is 0.255 e. The molecule has 0 bridgehead atoms. The lowest BCUT2D eigenvalue weighted by molar-refractivity contribution is 0.0953. The molecule has 1 amide bonds. The van der Waals surface area contributed by atoms with Crippen LogP contribution in [0, 0.1) is 0 Å². The first-order chi connectivity index (χ1) is 15.0. The molecule has 2 aromatic heterocycles. The maximum Gasteiger partial charge on any atom is 0.255 e. The van der Waals surface area contributed by atoms with Crippen molar-refractivity contribution in [2.24, 2.45) is 7.05 Å². The Hall–Kier alpha value is -3.88. The van der Waals surface area contributed by atoms with Crippen molar-refractivity contribution in [3.05, 3.63) is 47.7 Å². The van der Waals surface area contributed by atoms with Crippen LogP contribution in [0.25, 0.3) is 22.3 Å². The maximum absolute atomic E-state index is 12.2. The Morgan fingerprint density at radius 1 is 1.23 bits per heavy atom. The second kappa shape index (κ2) is 8.47. The number of methoxy groups -OCH3 is 1. The summed E-state index contributed by atoms with van der Waals surface area (Å²) in [5, 5.41) is 18.9. The number of carbonyl (C=O) groups is 1. The van der Waals surface area contributed by atoms with Gasteiger partial charge in [0, 0.05) is 30.2 Å². The third-order valence-electron chi connectivity index (χ3n) is 5.14. The molecule has 0 aliphatic rings. The number of hydrogen-bond acceptors (Lipinski definition) is 6. The van der Waals surface area contributed by atoms with E-state index >= 15 is 0 Å². The molecule has 0 spiro atoms. The highest BCUT2D eigenvalue weighted by molar-refractivity contribution is 5.97. The van der Waals surface area contributed by atoms with Gasteiger partial charge in [0.15, 0.2) is 5.82 Å². The van der Waals surface area contributed by atoms with Crippen molar-refractivity contribution in [2.45, 2.75) is 20.3 Å². The second-order valence-electron chi connectivity index (χ2n) is 7.06. The van der Waals surface area contributed by atoms with Crippen LogP contribution in [0.5, 0.6) is 5.75 Å². The Kier molecular flexibility index (Phi) is 5.57. The molecule has 4 rings (SSSR count). The van der Waals surface area contributed by atoms with Gasteiger partial charge in [-0.25, -0.2) is 4.68 Å². The van der Waals surface area contributed by atoms with Crippen molar-refractivity contribution >= 4 is 28.4 Å². The highest BCUT2D eigenvalue weighted by Crippen LogP contribution is 2.30. The van der Waals surface area contributed by atoms with Gasteiger partial charge in [0.2, 0.25) is 5.95 Å². The van der Waals surface area contributed by atoms with Crippen molar-refractivity contribution < 1.29 is 9.53 Å². The Bertz CT molecular complexity index is 1240. The monoisotopic (exact) mass is 419 g/mol. The lowest BCUT2D eigenvalue weighted by Gasteiger charge is -2.10. The summed E-state index contributed by atoms with van der Waals surface area (Å²) >= 11 is 0. The fraction of sp³-hybridized carbons (Fsp3) is 0.273. The topological polar surface area (TPSA) is 110 Å². The van der Waals surface area contributed by atoms with Crippen LogP contribution >= 0.6 is 0 Å². The normalized spacial score (nSPS) is 11.0. The number of anilines is 2. The van der Waals surface area contributed by atoms with Gasteiger partial charge in [-0.15, -0.1) is 5.10 Å². The number of aryl methyl sites for hydroxylation is 2. The molecule has 3 N–H and O–H groups in total. The highest BCUT2D eigenvalue weighted by Gasteiger charge is 2.17. The van der Waals surface area contributed by atoms with Crippen LogP contribution < -0.4 is 15.4 Å². The molecule has 31 heavy (non-hydrogen) atoms. The average molecular weight is 419 g/mol. The summed E-state index contributed by atoms with van der Waals surface area (Å²) < 4.78 is 7.12. The van der Waals surface area contributed by atoms with Gasteiger partial charge < -0.3 is 15.4 Å². The van der Waals surface area contributed by atoms with E-state index in [9.17, 15) is 4.79 Å². The predicted octanol–water partition coefficient (Wildman–Crippen LogP) is 3.42. The number of H-pyrrole nitrogens is 1. The van der Waals surface area contributed by atoms with Crippen molar-refractivity contribution in [3.8, 4) is 17.1 Å². The van der Waals surface area contributed by atoms with Crippen molar-refractivity contribution in [3.63, 3.8) is 0 Å². The van der Waals surface area contributed by atoms with E-state index < -0.39 is 0 Å². The number of hydrogen-bond donors (Lipinski definition) is 3. The standard InChI is InChI=1S/C22H25N7O2/c1-5-14-16-12-24-27-18(16)10-9-17(14)25-22-26-20(28-29(22)3)13-7-8-15(19(11-13)31-4)21(30)23-6-2/h7-12H,5-6H2,1-4H3,(H,23,30)(H,24,27)(H,25,26,28). The molecule has 0 fully saturated rings. The molecular weight excluding hydrogens is 394 g/mol. The number of ether oxygens (including phenoxy) is 1. The van der Waals surface area contributed by atoms with Gasteiger partial charge in [0.05, 0.1) is 24.4 Å². The average Bonchev–Trinajstić information content (AvgIpc) is 3.40. The van der Waals surface area contributed by atoms with Gasteiger partial charge in [-0.05, 0) is 43.2 Å². The van der Waals surface area contributed by atoms with E-state index in [0.29, 0.717) is 29.6 Å². The first-order valence-electron chi connectivity index (χ1n) is 10.1. The molecule has 0 radical (unpaired) electrons. The van der Waals surface area contributed by atoms with Crippen molar-refractivity contribution in [1.29, 1.82) is 0 Å². The van der Waals surface area contributed by atoms with E-state index in [1.54, 1.807) is 23.9 Å². The first kappa shape index (κ1) is 20.4. The van der Waals surface area contributed by atoms with Gasteiger partial charge in [-0.1, -0.05) is 13.0 Å². The molecule has 4 aromatic rings. The number of aromatic amines is 1. The van der Waals surface area contributed by atoms with Crippen LogP contribution in [-0.2, 0) is 13.5 Å². The van der Waals surface area contributed by atoms with Crippen molar-refractivity contribution in [1.82, 2.24) is 30.3 Å². The fourth-order valence-corrected chi connectivity index (χ4v) is 3.58. The Morgan fingerprint density at radius 3 is 2.81 bits per heavy atom. The summed E-state index contributed by atoms with van der Waals surface area (Å²) in [6, 6.07) is 9.33. The lowest BCUT2D eigenvalue weighted by Crippen LogP contribution is -2.23. The number of amides is 1. The van der Waals surface area contributed by atoms with Gasteiger partial charge in [0.25, 0.3) is 5.91 Å². The van der Waals surface area contributed by atoms with Crippen molar-refractivity contribution in [2.75, 3.05) is 19.0 Å². The number of fused-ring (bicyclic) bond motifs is 1. The van der Waals surface area contributed by atoms with Gasteiger partial charge >= 0.3 is 0 Å². The quantitative estimate of drug-likeness (QED) is 0.423. The van der Waals surface area contributed by atoms with Crippen LogP contribution in [0.2, 0.25) is 0 Å². The van der Waals surface area contributed by atoms with Crippen LogP contribution in [0.1, 0.15) is 29.8 Å². The molecule has 160 valence electrons. The van der Waals surface area contributed by atoms with E-state index in [4.69, 9.17) is 4.74 Å². The molecule has 0 aliphatic heterocycles. The number of nitrogens with one attached hydrogen (secondary N) is 3. The molecule has 0 atom stereocenters. The Morgan fingerprint density at radius 2 is 2.06 bits per heavy atom. The summed E-state index contributed by atoms with van der Waals surface area (Å²) in [5.41, 5.74) is 4.35.